The molecule has 1 fully saturated rings. The minimum Gasteiger partial charge on any atom is -0.452 e. The SMILES string of the molecule is CCn1nnc2cc(C(=O)OCC(=O)N3C[C@@H](C)C[C@H](C)C3)ccc21. The third kappa shape index (κ3) is 3.81. The van der Waals surface area contributed by atoms with E-state index in [1.807, 2.05) is 6.92 Å². The minimum absolute atomic E-state index is 0.134. The Labute approximate surface area is 146 Å². The molecule has 0 saturated carbocycles. The van der Waals surface area contributed by atoms with Crippen molar-refractivity contribution < 1.29 is 14.3 Å². The molecule has 134 valence electrons. The summed E-state index contributed by atoms with van der Waals surface area (Å²) >= 11 is 0. The zero-order chi connectivity index (χ0) is 18.0. The van der Waals surface area contributed by atoms with Crippen LogP contribution in [0.5, 0.6) is 0 Å². The van der Waals surface area contributed by atoms with Gasteiger partial charge in [-0.05, 0) is 43.4 Å². The van der Waals surface area contributed by atoms with E-state index in [-0.39, 0.29) is 12.5 Å². The highest BCUT2D eigenvalue weighted by Gasteiger charge is 2.26. The maximum Gasteiger partial charge on any atom is 0.338 e. The molecule has 2 heterocycles. The van der Waals surface area contributed by atoms with Crippen LogP contribution in [-0.2, 0) is 16.1 Å². The lowest BCUT2D eigenvalue weighted by Gasteiger charge is -2.34. The van der Waals surface area contributed by atoms with Gasteiger partial charge >= 0.3 is 5.97 Å². The number of benzene rings is 1. The molecule has 0 bridgehead atoms. The van der Waals surface area contributed by atoms with Crippen molar-refractivity contribution in [3.63, 3.8) is 0 Å². The topological polar surface area (TPSA) is 77.3 Å². The van der Waals surface area contributed by atoms with Crippen molar-refractivity contribution in [2.45, 2.75) is 33.7 Å². The Morgan fingerprint density at radius 1 is 1.24 bits per heavy atom. The van der Waals surface area contributed by atoms with Gasteiger partial charge in [0.15, 0.2) is 6.61 Å². The highest BCUT2D eigenvalue weighted by atomic mass is 16.5. The fraction of sp³-hybridized carbons (Fsp3) is 0.556. The zero-order valence-electron chi connectivity index (χ0n) is 14.9. The molecule has 0 radical (unpaired) electrons. The number of aryl methyl sites for hydroxylation is 1. The normalized spacial score (nSPS) is 20.7. The lowest BCUT2D eigenvalue weighted by atomic mass is 9.92. The van der Waals surface area contributed by atoms with Crippen molar-refractivity contribution in [2.24, 2.45) is 11.8 Å². The minimum atomic E-state index is -0.514. The average Bonchev–Trinajstić information content (AvgIpc) is 3.00. The van der Waals surface area contributed by atoms with E-state index in [1.165, 1.54) is 0 Å². The standard InChI is InChI=1S/C18H24N4O3/c1-4-22-16-6-5-14(8-15(16)19-20-22)18(24)25-11-17(23)21-9-12(2)7-13(3)10-21/h5-6,8,12-13H,4,7,9-11H2,1-3H3/t12-,13-/m0/s1. The van der Waals surface area contributed by atoms with Crippen LogP contribution >= 0.6 is 0 Å². The first-order valence-electron chi connectivity index (χ1n) is 8.76. The highest BCUT2D eigenvalue weighted by Crippen LogP contribution is 2.21. The van der Waals surface area contributed by atoms with Crippen LogP contribution in [0, 0.1) is 11.8 Å². The first kappa shape index (κ1) is 17.4. The van der Waals surface area contributed by atoms with Crippen molar-refractivity contribution in [3.8, 4) is 0 Å². The summed E-state index contributed by atoms with van der Waals surface area (Å²) in [5.41, 5.74) is 1.89. The highest BCUT2D eigenvalue weighted by molar-refractivity contribution is 5.94. The molecular formula is C18H24N4O3. The monoisotopic (exact) mass is 344 g/mol. The molecule has 1 aromatic heterocycles. The van der Waals surface area contributed by atoms with E-state index in [1.54, 1.807) is 27.8 Å². The number of esters is 1. The molecular weight excluding hydrogens is 320 g/mol. The lowest BCUT2D eigenvalue weighted by molar-refractivity contribution is -0.137. The van der Waals surface area contributed by atoms with Crippen molar-refractivity contribution in [2.75, 3.05) is 19.7 Å². The van der Waals surface area contributed by atoms with Gasteiger partial charge in [-0.1, -0.05) is 19.1 Å². The molecule has 1 aromatic carbocycles. The number of likely N-dealkylation sites (tertiary alicyclic amines) is 1. The Morgan fingerprint density at radius 2 is 1.96 bits per heavy atom. The van der Waals surface area contributed by atoms with Crippen LogP contribution in [0.3, 0.4) is 0 Å². The van der Waals surface area contributed by atoms with Crippen LogP contribution < -0.4 is 0 Å². The zero-order valence-corrected chi connectivity index (χ0v) is 14.9. The summed E-state index contributed by atoms with van der Waals surface area (Å²) in [6, 6.07) is 5.12. The van der Waals surface area contributed by atoms with Crippen molar-refractivity contribution in [1.82, 2.24) is 19.9 Å². The summed E-state index contributed by atoms with van der Waals surface area (Å²) in [4.78, 5) is 26.3. The molecule has 1 amide bonds. The predicted molar refractivity (Wildman–Crippen MR) is 93.0 cm³/mol. The van der Waals surface area contributed by atoms with Gasteiger partial charge in [0.2, 0.25) is 0 Å². The molecule has 1 aliphatic heterocycles. The summed E-state index contributed by atoms with van der Waals surface area (Å²) in [5.74, 6) is 0.308. The average molecular weight is 344 g/mol. The van der Waals surface area contributed by atoms with E-state index < -0.39 is 5.97 Å². The number of ether oxygens (including phenoxy) is 1. The van der Waals surface area contributed by atoms with E-state index in [0.717, 1.165) is 25.0 Å². The number of hydrogen-bond acceptors (Lipinski definition) is 5. The van der Waals surface area contributed by atoms with E-state index >= 15 is 0 Å². The van der Waals surface area contributed by atoms with Gasteiger partial charge in [-0.3, -0.25) is 4.79 Å². The van der Waals surface area contributed by atoms with Gasteiger partial charge in [-0.25, -0.2) is 9.48 Å². The summed E-state index contributed by atoms with van der Waals surface area (Å²) in [6.07, 6.45) is 1.13. The number of carbonyl (C=O) groups excluding carboxylic acids is 2. The first-order valence-corrected chi connectivity index (χ1v) is 8.76. The first-order chi connectivity index (χ1) is 12.0. The molecule has 1 saturated heterocycles. The van der Waals surface area contributed by atoms with Gasteiger partial charge in [0.05, 0.1) is 11.1 Å². The largest absolute Gasteiger partial charge is 0.452 e. The summed E-state index contributed by atoms with van der Waals surface area (Å²) in [7, 11) is 0. The molecule has 0 spiro atoms. The van der Waals surface area contributed by atoms with Crippen LogP contribution in [0.2, 0.25) is 0 Å². The Bertz CT molecular complexity index is 776. The number of nitrogens with zero attached hydrogens (tertiary/aromatic N) is 4. The maximum absolute atomic E-state index is 12.3. The number of amides is 1. The quantitative estimate of drug-likeness (QED) is 0.794. The van der Waals surface area contributed by atoms with E-state index in [4.69, 9.17) is 4.74 Å². The third-order valence-electron chi connectivity index (χ3n) is 4.60. The smallest absolute Gasteiger partial charge is 0.338 e. The van der Waals surface area contributed by atoms with Gasteiger partial charge in [-0.15, -0.1) is 5.10 Å². The third-order valence-corrected chi connectivity index (χ3v) is 4.60. The number of piperidine rings is 1. The van der Waals surface area contributed by atoms with Gasteiger partial charge < -0.3 is 9.64 Å². The molecule has 7 nitrogen and oxygen atoms in total. The van der Waals surface area contributed by atoms with E-state index in [9.17, 15) is 9.59 Å². The number of fused-ring (bicyclic) bond motifs is 1. The van der Waals surface area contributed by atoms with Crippen LogP contribution in [0.4, 0.5) is 0 Å². The van der Waals surface area contributed by atoms with Gasteiger partial charge in [0.25, 0.3) is 5.91 Å². The van der Waals surface area contributed by atoms with Crippen LogP contribution in [-0.4, -0.2) is 51.5 Å². The van der Waals surface area contributed by atoms with Gasteiger partial charge in [0, 0.05) is 19.6 Å². The fourth-order valence-electron chi connectivity index (χ4n) is 3.50. The fourth-order valence-corrected chi connectivity index (χ4v) is 3.50. The van der Waals surface area contributed by atoms with Crippen LogP contribution in [0.25, 0.3) is 11.0 Å². The molecule has 3 rings (SSSR count). The van der Waals surface area contributed by atoms with Crippen molar-refractivity contribution >= 4 is 22.9 Å². The molecule has 2 aromatic rings. The number of rotatable bonds is 4. The molecule has 2 atom stereocenters. The van der Waals surface area contributed by atoms with Gasteiger partial charge in [0.1, 0.15) is 5.52 Å². The van der Waals surface area contributed by atoms with Crippen molar-refractivity contribution in [1.29, 1.82) is 0 Å². The van der Waals surface area contributed by atoms with E-state index in [2.05, 4.69) is 24.2 Å². The molecule has 0 aliphatic carbocycles. The molecule has 7 heteroatoms. The summed E-state index contributed by atoms with van der Waals surface area (Å²) in [5, 5.41) is 8.07. The Balaban J connectivity index is 1.61. The van der Waals surface area contributed by atoms with Crippen LogP contribution in [0.15, 0.2) is 18.2 Å². The molecule has 1 aliphatic rings. The summed E-state index contributed by atoms with van der Waals surface area (Å²) in [6.45, 7) is 8.20. The van der Waals surface area contributed by atoms with Crippen LogP contribution in [0.1, 0.15) is 37.6 Å². The van der Waals surface area contributed by atoms with Gasteiger partial charge in [-0.2, -0.15) is 0 Å². The second kappa shape index (κ2) is 7.21. The Morgan fingerprint density at radius 3 is 2.64 bits per heavy atom. The Hall–Kier alpha value is -2.44. The summed E-state index contributed by atoms with van der Waals surface area (Å²) < 4.78 is 6.97. The number of aromatic nitrogens is 3. The second-order valence-corrected chi connectivity index (χ2v) is 6.93. The predicted octanol–water partition coefficient (Wildman–Crippen LogP) is 2.11. The lowest BCUT2D eigenvalue weighted by Crippen LogP contribution is -2.44. The number of hydrogen-bond donors (Lipinski definition) is 0. The number of carbonyl (C=O) groups is 2. The Kier molecular flexibility index (Phi) is 5.01. The van der Waals surface area contributed by atoms with E-state index in [0.29, 0.717) is 29.5 Å². The molecule has 0 N–H and O–H groups in total. The molecule has 0 unspecified atom stereocenters. The second-order valence-electron chi connectivity index (χ2n) is 6.93. The maximum atomic E-state index is 12.3. The van der Waals surface area contributed by atoms with Crippen molar-refractivity contribution in [3.05, 3.63) is 23.8 Å². The molecule has 25 heavy (non-hydrogen) atoms.